The topological polar surface area (TPSA) is 81.4 Å². The number of halogens is 1. The van der Waals surface area contributed by atoms with Crippen LogP contribution < -0.4 is 15.8 Å². The highest BCUT2D eigenvalue weighted by atomic mass is 35.5. The SMILES string of the molecule is CCC(CC)(NC(=O)COc1cccc(C(N)=O)c1)c1ccc(Cl)cc1. The molecule has 2 amide bonds. The zero-order valence-corrected chi connectivity index (χ0v) is 15.7. The Hall–Kier alpha value is -2.53. The highest BCUT2D eigenvalue weighted by Crippen LogP contribution is 2.29. The summed E-state index contributed by atoms with van der Waals surface area (Å²) in [4.78, 5) is 23.7. The molecule has 0 bridgehead atoms. The van der Waals surface area contributed by atoms with Crippen LogP contribution in [0.25, 0.3) is 0 Å². The summed E-state index contributed by atoms with van der Waals surface area (Å²) in [5.74, 6) is -0.367. The first-order valence-electron chi connectivity index (χ1n) is 8.50. The summed E-state index contributed by atoms with van der Waals surface area (Å²) in [6.45, 7) is 3.89. The molecule has 3 N–H and O–H groups in total. The normalized spacial score (nSPS) is 11.0. The summed E-state index contributed by atoms with van der Waals surface area (Å²) in [6, 6.07) is 13.9. The van der Waals surface area contributed by atoms with Crippen LogP contribution in [-0.2, 0) is 10.3 Å². The summed E-state index contributed by atoms with van der Waals surface area (Å²) in [7, 11) is 0. The first-order valence-corrected chi connectivity index (χ1v) is 8.87. The van der Waals surface area contributed by atoms with Crippen molar-refractivity contribution < 1.29 is 14.3 Å². The Kier molecular flexibility index (Phi) is 6.64. The van der Waals surface area contributed by atoms with Crippen LogP contribution in [-0.4, -0.2) is 18.4 Å². The first-order chi connectivity index (χ1) is 12.4. The molecule has 6 heteroatoms. The number of benzene rings is 2. The molecule has 0 aliphatic carbocycles. The Labute approximate surface area is 158 Å². The van der Waals surface area contributed by atoms with Crippen LogP contribution in [0.5, 0.6) is 5.75 Å². The molecule has 2 aromatic carbocycles. The van der Waals surface area contributed by atoms with Crippen molar-refractivity contribution in [2.75, 3.05) is 6.61 Å². The third-order valence-electron chi connectivity index (χ3n) is 4.47. The van der Waals surface area contributed by atoms with Gasteiger partial charge in [-0.25, -0.2) is 0 Å². The minimum atomic E-state index is -0.543. The Morgan fingerprint density at radius 2 is 1.77 bits per heavy atom. The number of ether oxygens (including phenoxy) is 1. The molecule has 0 heterocycles. The van der Waals surface area contributed by atoms with Gasteiger partial charge in [-0.2, -0.15) is 0 Å². The van der Waals surface area contributed by atoms with E-state index in [1.807, 2.05) is 38.1 Å². The lowest BCUT2D eigenvalue weighted by molar-refractivity contribution is -0.125. The molecule has 0 atom stereocenters. The number of rotatable bonds is 8. The third kappa shape index (κ3) is 4.76. The predicted molar refractivity (Wildman–Crippen MR) is 102 cm³/mol. The fourth-order valence-corrected chi connectivity index (χ4v) is 2.99. The number of carbonyl (C=O) groups is 2. The van der Waals surface area contributed by atoms with Gasteiger partial charge in [-0.15, -0.1) is 0 Å². The largest absolute Gasteiger partial charge is 0.484 e. The molecule has 0 spiro atoms. The molecule has 0 unspecified atom stereocenters. The lowest BCUT2D eigenvalue weighted by Gasteiger charge is -2.33. The average Bonchev–Trinajstić information content (AvgIpc) is 2.65. The smallest absolute Gasteiger partial charge is 0.258 e. The van der Waals surface area contributed by atoms with E-state index >= 15 is 0 Å². The van der Waals surface area contributed by atoms with Crippen molar-refractivity contribution >= 4 is 23.4 Å². The number of hydrogen-bond donors (Lipinski definition) is 2. The zero-order valence-electron chi connectivity index (χ0n) is 14.9. The van der Waals surface area contributed by atoms with E-state index in [0.29, 0.717) is 16.3 Å². The van der Waals surface area contributed by atoms with Crippen molar-refractivity contribution in [3.63, 3.8) is 0 Å². The molecule has 0 fully saturated rings. The molecule has 0 saturated heterocycles. The second-order valence-electron chi connectivity index (χ2n) is 6.03. The van der Waals surface area contributed by atoms with Crippen LogP contribution in [0.4, 0.5) is 0 Å². The van der Waals surface area contributed by atoms with E-state index in [1.165, 1.54) is 6.07 Å². The highest BCUT2D eigenvalue weighted by Gasteiger charge is 2.30. The van der Waals surface area contributed by atoms with Crippen molar-refractivity contribution in [1.82, 2.24) is 5.32 Å². The van der Waals surface area contributed by atoms with E-state index in [-0.39, 0.29) is 12.5 Å². The summed E-state index contributed by atoms with van der Waals surface area (Å²) in [5.41, 5.74) is 6.09. The van der Waals surface area contributed by atoms with E-state index < -0.39 is 11.4 Å². The molecular formula is C20H23ClN2O3. The monoisotopic (exact) mass is 374 g/mol. The van der Waals surface area contributed by atoms with E-state index in [0.717, 1.165) is 18.4 Å². The maximum absolute atomic E-state index is 12.5. The van der Waals surface area contributed by atoms with Gasteiger partial charge in [0.15, 0.2) is 6.61 Å². The maximum atomic E-state index is 12.5. The number of amides is 2. The highest BCUT2D eigenvalue weighted by molar-refractivity contribution is 6.30. The number of nitrogens with two attached hydrogens (primary N) is 1. The molecular weight excluding hydrogens is 352 g/mol. The molecule has 0 aliphatic heterocycles. The van der Waals surface area contributed by atoms with Crippen molar-refractivity contribution in [1.29, 1.82) is 0 Å². The Bertz CT molecular complexity index is 771. The quantitative estimate of drug-likeness (QED) is 0.739. The molecule has 2 rings (SSSR count). The second kappa shape index (κ2) is 8.72. The summed E-state index contributed by atoms with van der Waals surface area (Å²) >= 11 is 5.97. The summed E-state index contributed by atoms with van der Waals surface area (Å²) in [6.07, 6.45) is 1.46. The average molecular weight is 375 g/mol. The van der Waals surface area contributed by atoms with Crippen LogP contribution in [0.1, 0.15) is 42.6 Å². The minimum Gasteiger partial charge on any atom is -0.484 e. The zero-order chi connectivity index (χ0) is 19.2. The van der Waals surface area contributed by atoms with Gasteiger partial charge in [0.25, 0.3) is 5.91 Å². The lowest BCUT2D eigenvalue weighted by Crippen LogP contribution is -2.46. The number of hydrogen-bond acceptors (Lipinski definition) is 3. The van der Waals surface area contributed by atoms with E-state index in [4.69, 9.17) is 22.1 Å². The van der Waals surface area contributed by atoms with E-state index in [1.54, 1.807) is 18.2 Å². The molecule has 2 aromatic rings. The molecule has 0 aromatic heterocycles. The van der Waals surface area contributed by atoms with Crippen LogP contribution in [0.2, 0.25) is 5.02 Å². The van der Waals surface area contributed by atoms with E-state index in [2.05, 4.69) is 5.32 Å². The molecule has 26 heavy (non-hydrogen) atoms. The van der Waals surface area contributed by atoms with Crippen molar-refractivity contribution in [2.24, 2.45) is 5.73 Å². The number of carbonyl (C=O) groups excluding carboxylic acids is 2. The predicted octanol–water partition coefficient (Wildman–Crippen LogP) is 3.65. The summed E-state index contributed by atoms with van der Waals surface area (Å²) in [5, 5.41) is 3.73. The Balaban J connectivity index is 2.07. The van der Waals surface area contributed by atoms with Crippen molar-refractivity contribution in [3.05, 3.63) is 64.7 Å². The number of primary amides is 1. The maximum Gasteiger partial charge on any atom is 0.258 e. The standard InChI is InChI=1S/C20H23ClN2O3/c1-3-20(4-2,15-8-10-16(21)11-9-15)23-18(24)13-26-17-7-5-6-14(12-17)19(22)25/h5-12H,3-4,13H2,1-2H3,(H2,22,25)(H,23,24). The van der Waals surface area contributed by atoms with Gasteiger partial charge < -0.3 is 15.8 Å². The van der Waals surface area contributed by atoms with Gasteiger partial charge in [0, 0.05) is 10.6 Å². The van der Waals surface area contributed by atoms with E-state index in [9.17, 15) is 9.59 Å². The fourth-order valence-electron chi connectivity index (χ4n) is 2.87. The minimum absolute atomic E-state index is 0.155. The summed E-state index contributed by atoms with van der Waals surface area (Å²) < 4.78 is 5.51. The Morgan fingerprint density at radius 3 is 2.35 bits per heavy atom. The van der Waals surface area contributed by atoms with Gasteiger partial charge in [-0.3, -0.25) is 9.59 Å². The molecule has 138 valence electrons. The van der Waals surface area contributed by atoms with Gasteiger partial charge in [0.2, 0.25) is 5.91 Å². The van der Waals surface area contributed by atoms with Gasteiger partial charge in [0.05, 0.1) is 5.54 Å². The van der Waals surface area contributed by atoms with Crippen LogP contribution in [0.15, 0.2) is 48.5 Å². The molecule has 0 radical (unpaired) electrons. The molecule has 0 saturated carbocycles. The van der Waals surface area contributed by atoms with Crippen molar-refractivity contribution in [2.45, 2.75) is 32.2 Å². The van der Waals surface area contributed by atoms with Gasteiger partial charge >= 0.3 is 0 Å². The van der Waals surface area contributed by atoms with Crippen LogP contribution in [0.3, 0.4) is 0 Å². The molecule has 5 nitrogen and oxygen atoms in total. The lowest BCUT2D eigenvalue weighted by atomic mass is 9.84. The van der Waals surface area contributed by atoms with Crippen LogP contribution in [0, 0.1) is 0 Å². The fraction of sp³-hybridized carbons (Fsp3) is 0.300. The van der Waals surface area contributed by atoms with Gasteiger partial charge in [0.1, 0.15) is 5.75 Å². The first kappa shape index (κ1) is 19.8. The van der Waals surface area contributed by atoms with Crippen LogP contribution >= 0.6 is 11.6 Å². The third-order valence-corrected chi connectivity index (χ3v) is 4.72. The number of nitrogens with one attached hydrogen (secondary N) is 1. The second-order valence-corrected chi connectivity index (χ2v) is 6.46. The molecule has 0 aliphatic rings. The Morgan fingerprint density at radius 1 is 1.12 bits per heavy atom. The van der Waals surface area contributed by atoms with Gasteiger partial charge in [-0.1, -0.05) is 43.6 Å². The van der Waals surface area contributed by atoms with Crippen molar-refractivity contribution in [3.8, 4) is 5.75 Å². The van der Waals surface area contributed by atoms with Gasteiger partial charge in [-0.05, 0) is 48.7 Å².